The van der Waals surface area contributed by atoms with E-state index in [0.717, 1.165) is 18.2 Å². The number of ether oxygens (including phenoxy) is 1. The number of amides is 1. The molecule has 1 fully saturated rings. The summed E-state index contributed by atoms with van der Waals surface area (Å²) < 4.78 is 5.17. The van der Waals surface area contributed by atoms with Gasteiger partial charge in [0.2, 0.25) is 0 Å². The highest BCUT2D eigenvalue weighted by molar-refractivity contribution is 9.09. The Morgan fingerprint density at radius 1 is 1.56 bits per heavy atom. The molecule has 1 aromatic carbocycles. The molecule has 1 N–H and O–H groups in total. The second kappa shape index (κ2) is 5.49. The molecule has 1 amide bonds. The van der Waals surface area contributed by atoms with Gasteiger partial charge in [0.25, 0.3) is 5.91 Å². The van der Waals surface area contributed by atoms with Crippen LogP contribution in [0.4, 0.5) is 0 Å². The molecule has 3 nitrogen and oxygen atoms in total. The number of benzene rings is 1. The second-order valence-electron chi connectivity index (χ2n) is 4.66. The van der Waals surface area contributed by atoms with Crippen molar-refractivity contribution in [3.63, 3.8) is 0 Å². The minimum atomic E-state index is -0.115. The van der Waals surface area contributed by atoms with E-state index in [1.54, 1.807) is 18.2 Å². The summed E-state index contributed by atoms with van der Waals surface area (Å²) in [6.45, 7) is 0.697. The van der Waals surface area contributed by atoms with E-state index in [2.05, 4.69) is 21.2 Å². The Labute approximate surface area is 120 Å². The van der Waals surface area contributed by atoms with Crippen molar-refractivity contribution in [1.82, 2.24) is 5.32 Å². The zero-order chi connectivity index (χ0) is 13.2. The molecule has 1 aliphatic carbocycles. The van der Waals surface area contributed by atoms with Gasteiger partial charge in [-0.05, 0) is 36.5 Å². The quantitative estimate of drug-likeness (QED) is 0.841. The van der Waals surface area contributed by atoms with Crippen molar-refractivity contribution in [2.75, 3.05) is 19.0 Å². The molecule has 0 atom stereocenters. The van der Waals surface area contributed by atoms with Gasteiger partial charge in [0.1, 0.15) is 5.75 Å². The molecule has 0 aliphatic heterocycles. The fourth-order valence-electron chi connectivity index (χ4n) is 1.75. The van der Waals surface area contributed by atoms with Gasteiger partial charge < -0.3 is 10.1 Å². The van der Waals surface area contributed by atoms with Crippen molar-refractivity contribution >= 4 is 33.4 Å². The lowest BCUT2D eigenvalue weighted by Crippen LogP contribution is -2.31. The van der Waals surface area contributed by atoms with Crippen LogP contribution in [0.2, 0.25) is 5.02 Å². The zero-order valence-corrected chi connectivity index (χ0v) is 12.5. The summed E-state index contributed by atoms with van der Waals surface area (Å²) in [5, 5.41) is 4.44. The van der Waals surface area contributed by atoms with Crippen molar-refractivity contribution in [1.29, 1.82) is 0 Å². The first-order chi connectivity index (χ1) is 8.60. The summed E-state index contributed by atoms with van der Waals surface area (Å²) in [6.07, 6.45) is 2.33. The molecule has 0 saturated heterocycles. The maximum Gasteiger partial charge on any atom is 0.255 e. The van der Waals surface area contributed by atoms with Crippen LogP contribution in [-0.2, 0) is 0 Å². The Morgan fingerprint density at radius 3 is 2.83 bits per heavy atom. The molecule has 5 heteroatoms. The molecule has 1 aromatic rings. The monoisotopic (exact) mass is 331 g/mol. The van der Waals surface area contributed by atoms with Crippen LogP contribution in [0, 0.1) is 5.41 Å². The summed E-state index contributed by atoms with van der Waals surface area (Å²) in [6, 6.07) is 5.02. The Morgan fingerprint density at radius 2 is 2.28 bits per heavy atom. The molecule has 0 bridgehead atoms. The average molecular weight is 333 g/mol. The van der Waals surface area contributed by atoms with Crippen LogP contribution in [0.25, 0.3) is 0 Å². The molecule has 0 spiro atoms. The summed E-state index contributed by atoms with van der Waals surface area (Å²) in [5.41, 5.74) is 0.780. The molecule has 1 saturated carbocycles. The smallest absolute Gasteiger partial charge is 0.255 e. The largest absolute Gasteiger partial charge is 0.496 e. The molecular weight excluding hydrogens is 318 g/mol. The maximum atomic E-state index is 12.1. The molecule has 2 rings (SSSR count). The number of alkyl halides is 1. The van der Waals surface area contributed by atoms with Gasteiger partial charge in [-0.2, -0.15) is 0 Å². The topological polar surface area (TPSA) is 38.3 Å². The van der Waals surface area contributed by atoms with Crippen LogP contribution in [0.1, 0.15) is 23.2 Å². The van der Waals surface area contributed by atoms with E-state index in [-0.39, 0.29) is 11.3 Å². The van der Waals surface area contributed by atoms with E-state index in [1.165, 1.54) is 7.11 Å². The standard InChI is InChI=1S/C13H15BrClNO2/c1-18-11-6-9(15)2-3-10(11)12(17)16-8-13(7-14)4-5-13/h2-3,6H,4-5,7-8H2,1H3,(H,16,17). The van der Waals surface area contributed by atoms with Crippen LogP contribution in [0.15, 0.2) is 18.2 Å². The maximum absolute atomic E-state index is 12.1. The lowest BCUT2D eigenvalue weighted by Gasteiger charge is -2.14. The van der Waals surface area contributed by atoms with E-state index in [1.807, 2.05) is 0 Å². The molecule has 0 radical (unpaired) electrons. The number of methoxy groups -OCH3 is 1. The van der Waals surface area contributed by atoms with Gasteiger partial charge in [0.05, 0.1) is 12.7 Å². The normalized spacial score (nSPS) is 16.2. The highest BCUT2D eigenvalue weighted by Crippen LogP contribution is 2.46. The number of carbonyl (C=O) groups is 1. The fourth-order valence-corrected chi connectivity index (χ4v) is 2.67. The van der Waals surface area contributed by atoms with E-state index >= 15 is 0 Å². The van der Waals surface area contributed by atoms with Gasteiger partial charge >= 0.3 is 0 Å². The number of carbonyl (C=O) groups excluding carboxylic acids is 1. The molecule has 1 aliphatic rings. The Hall–Kier alpha value is -0.740. The second-order valence-corrected chi connectivity index (χ2v) is 5.66. The van der Waals surface area contributed by atoms with Gasteiger partial charge in [0, 0.05) is 16.9 Å². The summed E-state index contributed by atoms with van der Waals surface area (Å²) >= 11 is 9.35. The highest BCUT2D eigenvalue weighted by Gasteiger charge is 2.41. The number of hydrogen-bond acceptors (Lipinski definition) is 2. The number of nitrogens with one attached hydrogen (secondary N) is 1. The first-order valence-electron chi connectivity index (χ1n) is 5.78. The van der Waals surface area contributed by atoms with Gasteiger partial charge in [-0.1, -0.05) is 27.5 Å². The van der Waals surface area contributed by atoms with E-state index in [0.29, 0.717) is 22.9 Å². The van der Waals surface area contributed by atoms with Gasteiger partial charge in [-0.25, -0.2) is 0 Å². The van der Waals surface area contributed by atoms with Gasteiger partial charge in [0.15, 0.2) is 0 Å². The first kappa shape index (κ1) is 13.7. The lowest BCUT2D eigenvalue weighted by molar-refractivity contribution is 0.0943. The van der Waals surface area contributed by atoms with Crippen molar-refractivity contribution in [2.45, 2.75) is 12.8 Å². The van der Waals surface area contributed by atoms with Crippen molar-refractivity contribution in [3.05, 3.63) is 28.8 Å². The SMILES string of the molecule is COc1cc(Cl)ccc1C(=O)NCC1(CBr)CC1. The predicted octanol–water partition coefficient (Wildman–Crippen LogP) is 3.25. The van der Waals surface area contributed by atoms with Gasteiger partial charge in [-0.15, -0.1) is 0 Å². The fraction of sp³-hybridized carbons (Fsp3) is 0.462. The number of hydrogen-bond donors (Lipinski definition) is 1. The van der Waals surface area contributed by atoms with Crippen LogP contribution in [0.5, 0.6) is 5.75 Å². The minimum absolute atomic E-state index is 0.115. The zero-order valence-electron chi connectivity index (χ0n) is 10.1. The van der Waals surface area contributed by atoms with E-state index in [9.17, 15) is 4.79 Å². The van der Waals surface area contributed by atoms with E-state index in [4.69, 9.17) is 16.3 Å². The number of halogens is 2. The van der Waals surface area contributed by atoms with Crippen LogP contribution >= 0.6 is 27.5 Å². The lowest BCUT2D eigenvalue weighted by atomic mass is 10.1. The molecule has 0 heterocycles. The van der Waals surface area contributed by atoms with Crippen LogP contribution in [0.3, 0.4) is 0 Å². The number of rotatable bonds is 5. The summed E-state index contributed by atoms with van der Waals surface area (Å²) in [7, 11) is 1.53. The van der Waals surface area contributed by atoms with Crippen molar-refractivity contribution < 1.29 is 9.53 Å². The summed E-state index contributed by atoms with van der Waals surface area (Å²) in [4.78, 5) is 12.1. The minimum Gasteiger partial charge on any atom is -0.496 e. The highest BCUT2D eigenvalue weighted by atomic mass is 79.9. The Kier molecular flexibility index (Phi) is 4.17. The van der Waals surface area contributed by atoms with Crippen molar-refractivity contribution in [2.24, 2.45) is 5.41 Å². The Balaban J connectivity index is 2.04. The van der Waals surface area contributed by atoms with Crippen molar-refractivity contribution in [3.8, 4) is 5.75 Å². The van der Waals surface area contributed by atoms with E-state index < -0.39 is 0 Å². The third-order valence-corrected chi connectivity index (χ3v) is 4.70. The molecule has 0 aromatic heterocycles. The summed E-state index contributed by atoms with van der Waals surface area (Å²) in [5.74, 6) is 0.388. The molecule has 0 unspecified atom stereocenters. The van der Waals surface area contributed by atoms with Crippen LogP contribution in [-0.4, -0.2) is 24.9 Å². The Bertz CT molecular complexity index is 460. The average Bonchev–Trinajstić information content (AvgIpc) is 3.16. The van der Waals surface area contributed by atoms with Crippen LogP contribution < -0.4 is 10.1 Å². The first-order valence-corrected chi connectivity index (χ1v) is 7.28. The molecule has 18 heavy (non-hydrogen) atoms. The molecule has 98 valence electrons. The predicted molar refractivity (Wildman–Crippen MR) is 75.8 cm³/mol. The third-order valence-electron chi connectivity index (χ3n) is 3.27. The van der Waals surface area contributed by atoms with Gasteiger partial charge in [-0.3, -0.25) is 4.79 Å². The molecular formula is C13H15BrClNO2. The third kappa shape index (κ3) is 2.98.